The molecule has 2 atom stereocenters. The molecule has 2 aromatic carbocycles. The highest BCUT2D eigenvalue weighted by atomic mass is 16.6. The van der Waals surface area contributed by atoms with E-state index in [1.165, 1.54) is 11.4 Å². The third kappa shape index (κ3) is 12.9. The minimum Gasteiger partial charge on any atom is -0.492 e. The highest BCUT2D eigenvalue weighted by Crippen LogP contribution is 2.24. The van der Waals surface area contributed by atoms with E-state index in [-0.39, 0.29) is 5.97 Å². The summed E-state index contributed by atoms with van der Waals surface area (Å²) in [6.07, 6.45) is 4.68. The molecule has 2 aromatic heterocycles. The Hall–Kier alpha value is -4.54. The van der Waals surface area contributed by atoms with Gasteiger partial charge < -0.3 is 37.9 Å². The highest BCUT2D eigenvalue weighted by Gasteiger charge is 2.37. The van der Waals surface area contributed by atoms with Crippen LogP contribution in [0.25, 0.3) is 0 Å². The standard InChI is InChI=1S/C23H33NO4.C19H25NO4/c1-6-26-22(23(25)27-7-2)16-19-9-11-20(12-10-19)28-15-14-24-18(5)8-13-21(24)17(3)4;1-3-19(18(21)22,24-4-2)15-16-7-9-17(10-8-16)23-14-13-20-11-5-6-12-20/h8-13,17,22H,6-7,14-16H2,1-5H3;5-12H,3-4,13-15H2,1-2H3,(H,21,22). The van der Waals surface area contributed by atoms with Gasteiger partial charge in [0, 0.05) is 49.8 Å². The van der Waals surface area contributed by atoms with E-state index >= 15 is 0 Å². The Labute approximate surface area is 309 Å². The van der Waals surface area contributed by atoms with Crippen LogP contribution in [-0.2, 0) is 49.7 Å². The van der Waals surface area contributed by atoms with Crippen LogP contribution in [-0.4, -0.2) is 70.9 Å². The number of hydrogen-bond acceptors (Lipinski definition) is 7. The number of aryl methyl sites for hydroxylation is 1. The summed E-state index contributed by atoms with van der Waals surface area (Å²) in [4.78, 5) is 23.6. The second kappa shape index (κ2) is 21.7. The molecule has 10 heteroatoms. The number of aliphatic carboxylic acids is 1. The fourth-order valence-corrected chi connectivity index (χ4v) is 5.90. The summed E-state index contributed by atoms with van der Waals surface area (Å²) in [5.41, 5.74) is 3.36. The van der Waals surface area contributed by atoms with E-state index < -0.39 is 17.7 Å². The summed E-state index contributed by atoms with van der Waals surface area (Å²) >= 11 is 0. The van der Waals surface area contributed by atoms with Crippen LogP contribution >= 0.6 is 0 Å². The lowest BCUT2D eigenvalue weighted by Gasteiger charge is -2.28. The molecule has 284 valence electrons. The molecule has 0 aliphatic carbocycles. The third-order valence-corrected chi connectivity index (χ3v) is 8.75. The van der Waals surface area contributed by atoms with Crippen molar-refractivity contribution in [1.29, 1.82) is 0 Å². The number of carbonyl (C=O) groups excluding carboxylic acids is 1. The maximum atomic E-state index is 12.0. The predicted molar refractivity (Wildman–Crippen MR) is 203 cm³/mol. The average Bonchev–Trinajstić information content (AvgIpc) is 3.79. The van der Waals surface area contributed by atoms with Crippen LogP contribution in [0.2, 0.25) is 0 Å². The summed E-state index contributed by atoms with van der Waals surface area (Å²) in [5.74, 6) is 0.862. The number of carbonyl (C=O) groups is 2. The first-order chi connectivity index (χ1) is 25.0. The van der Waals surface area contributed by atoms with Gasteiger partial charge in [0.05, 0.1) is 19.7 Å². The first-order valence-electron chi connectivity index (χ1n) is 18.4. The molecule has 52 heavy (non-hydrogen) atoms. The number of aromatic nitrogens is 2. The lowest BCUT2D eigenvalue weighted by atomic mass is 9.91. The fourth-order valence-electron chi connectivity index (χ4n) is 5.90. The maximum absolute atomic E-state index is 12.0. The first kappa shape index (κ1) is 41.9. The molecule has 0 bridgehead atoms. The summed E-state index contributed by atoms with van der Waals surface area (Å²) < 4.78 is 32.2. The molecule has 0 saturated heterocycles. The van der Waals surface area contributed by atoms with Crippen molar-refractivity contribution in [2.45, 2.75) is 98.4 Å². The fraction of sp³-hybridized carbons (Fsp3) is 0.476. The largest absolute Gasteiger partial charge is 0.492 e. The van der Waals surface area contributed by atoms with Gasteiger partial charge in [0.2, 0.25) is 0 Å². The third-order valence-electron chi connectivity index (χ3n) is 8.75. The Kier molecular flexibility index (Phi) is 17.5. The molecule has 0 amide bonds. The summed E-state index contributed by atoms with van der Waals surface area (Å²) in [6, 6.07) is 23.7. The van der Waals surface area contributed by atoms with Gasteiger partial charge >= 0.3 is 11.9 Å². The Morgan fingerprint density at radius 3 is 1.88 bits per heavy atom. The van der Waals surface area contributed by atoms with Crippen LogP contribution in [0.5, 0.6) is 11.5 Å². The van der Waals surface area contributed by atoms with Gasteiger partial charge in [-0.25, -0.2) is 9.59 Å². The number of ether oxygens (including phenoxy) is 5. The smallest absolute Gasteiger partial charge is 0.336 e. The summed E-state index contributed by atoms with van der Waals surface area (Å²) in [6.45, 7) is 17.9. The van der Waals surface area contributed by atoms with Gasteiger partial charge in [-0.2, -0.15) is 0 Å². The van der Waals surface area contributed by atoms with Crippen molar-refractivity contribution in [1.82, 2.24) is 9.13 Å². The number of benzene rings is 2. The molecule has 1 N–H and O–H groups in total. The van der Waals surface area contributed by atoms with Crippen molar-refractivity contribution in [2.75, 3.05) is 33.0 Å². The topological polar surface area (TPSA) is 110 Å². The van der Waals surface area contributed by atoms with Gasteiger partial charge in [-0.05, 0) is 99.7 Å². The van der Waals surface area contributed by atoms with E-state index in [9.17, 15) is 14.7 Å². The Balaban J connectivity index is 0.000000284. The van der Waals surface area contributed by atoms with Crippen molar-refractivity contribution < 1.29 is 38.4 Å². The van der Waals surface area contributed by atoms with Gasteiger partial charge in [-0.1, -0.05) is 45.0 Å². The van der Waals surface area contributed by atoms with Crippen LogP contribution in [0.4, 0.5) is 0 Å². The van der Waals surface area contributed by atoms with Crippen molar-refractivity contribution in [3.8, 4) is 11.5 Å². The second-order valence-corrected chi connectivity index (χ2v) is 12.8. The van der Waals surface area contributed by atoms with E-state index in [0.29, 0.717) is 58.2 Å². The quantitative estimate of drug-likeness (QED) is 0.0867. The van der Waals surface area contributed by atoms with E-state index in [2.05, 4.69) is 42.0 Å². The van der Waals surface area contributed by atoms with Crippen LogP contribution in [0.15, 0.2) is 85.2 Å². The van der Waals surface area contributed by atoms with Crippen molar-refractivity contribution >= 4 is 11.9 Å². The summed E-state index contributed by atoms with van der Waals surface area (Å²) in [5, 5.41) is 9.53. The number of rotatable bonds is 21. The molecule has 4 aromatic rings. The van der Waals surface area contributed by atoms with Crippen molar-refractivity contribution in [3.05, 3.63) is 108 Å². The average molecular weight is 719 g/mol. The van der Waals surface area contributed by atoms with Gasteiger partial charge in [0.25, 0.3) is 0 Å². The monoisotopic (exact) mass is 718 g/mol. The zero-order valence-corrected chi connectivity index (χ0v) is 32.0. The van der Waals surface area contributed by atoms with Crippen LogP contribution in [0, 0.1) is 6.92 Å². The second-order valence-electron chi connectivity index (χ2n) is 12.8. The zero-order valence-electron chi connectivity index (χ0n) is 32.0. The molecule has 0 fully saturated rings. The van der Waals surface area contributed by atoms with Crippen molar-refractivity contribution in [3.63, 3.8) is 0 Å². The minimum atomic E-state index is -1.16. The van der Waals surface area contributed by atoms with Crippen LogP contribution < -0.4 is 9.47 Å². The minimum absolute atomic E-state index is 0.312. The molecule has 2 heterocycles. The van der Waals surface area contributed by atoms with E-state index in [0.717, 1.165) is 35.7 Å². The normalized spacial score (nSPS) is 12.8. The Morgan fingerprint density at radius 1 is 0.769 bits per heavy atom. The van der Waals surface area contributed by atoms with Gasteiger partial charge in [-0.3, -0.25) is 0 Å². The molecule has 10 nitrogen and oxygen atoms in total. The number of hydrogen-bond donors (Lipinski definition) is 1. The first-order valence-corrected chi connectivity index (χ1v) is 18.4. The lowest BCUT2D eigenvalue weighted by molar-refractivity contribution is -0.166. The van der Waals surface area contributed by atoms with E-state index in [1.807, 2.05) is 93.8 Å². The highest BCUT2D eigenvalue weighted by molar-refractivity contribution is 5.78. The molecule has 0 aliphatic rings. The van der Waals surface area contributed by atoms with Crippen LogP contribution in [0.1, 0.15) is 76.4 Å². The van der Waals surface area contributed by atoms with Crippen molar-refractivity contribution in [2.24, 2.45) is 0 Å². The maximum Gasteiger partial charge on any atom is 0.336 e. The SMILES string of the molecule is CCOC(=O)C(Cc1ccc(OCCn2c(C)ccc2C(C)C)cc1)OCC.CCOC(CC)(Cc1ccc(OCCn2cccc2)cc1)C(=O)O. The van der Waals surface area contributed by atoms with Gasteiger partial charge in [0.1, 0.15) is 24.7 Å². The molecule has 4 rings (SSSR count). The zero-order chi connectivity index (χ0) is 37.9. The van der Waals surface area contributed by atoms with Crippen LogP contribution in [0.3, 0.4) is 0 Å². The summed E-state index contributed by atoms with van der Waals surface area (Å²) in [7, 11) is 0. The Bertz CT molecular complexity index is 1600. The number of esters is 1. The molecule has 0 saturated carbocycles. The molecule has 2 unspecified atom stereocenters. The molecule has 0 spiro atoms. The molecule has 0 aliphatic heterocycles. The Morgan fingerprint density at radius 2 is 1.37 bits per heavy atom. The molecular weight excluding hydrogens is 660 g/mol. The number of carboxylic acids is 1. The lowest BCUT2D eigenvalue weighted by Crippen LogP contribution is -2.43. The number of carboxylic acid groups (broad SMARTS) is 1. The van der Waals surface area contributed by atoms with Gasteiger partial charge in [-0.15, -0.1) is 0 Å². The number of nitrogens with zero attached hydrogens (tertiary/aromatic N) is 2. The predicted octanol–water partition coefficient (Wildman–Crippen LogP) is 7.89. The van der Waals surface area contributed by atoms with E-state index in [1.54, 1.807) is 6.92 Å². The molecular formula is C42H58N2O8. The van der Waals surface area contributed by atoms with E-state index in [4.69, 9.17) is 23.7 Å². The molecule has 0 radical (unpaired) electrons. The van der Waals surface area contributed by atoms with Gasteiger partial charge in [0.15, 0.2) is 11.7 Å².